The molecule has 6 nitrogen and oxygen atoms in total. The first-order chi connectivity index (χ1) is 31.5. The molecule has 64 heavy (non-hydrogen) atoms. The van der Waals surface area contributed by atoms with Gasteiger partial charge in [0.15, 0.2) is 6.10 Å². The molecular formula is C58H100O6. The van der Waals surface area contributed by atoms with Gasteiger partial charge in [0.05, 0.1) is 0 Å². The van der Waals surface area contributed by atoms with Crippen LogP contribution >= 0.6 is 0 Å². The number of carbonyl (C=O) groups excluding carboxylic acids is 3. The van der Waals surface area contributed by atoms with Crippen molar-refractivity contribution in [2.24, 2.45) is 0 Å². The predicted octanol–water partition coefficient (Wildman–Crippen LogP) is 17.8. The van der Waals surface area contributed by atoms with Crippen molar-refractivity contribution in [3.63, 3.8) is 0 Å². The monoisotopic (exact) mass is 893 g/mol. The van der Waals surface area contributed by atoms with Crippen LogP contribution in [0.5, 0.6) is 0 Å². The Kier molecular flexibility index (Phi) is 49.9. The highest BCUT2D eigenvalue weighted by Crippen LogP contribution is 2.14. The normalized spacial score (nSPS) is 12.6. The summed E-state index contributed by atoms with van der Waals surface area (Å²) in [5.41, 5.74) is 0. The lowest BCUT2D eigenvalue weighted by Gasteiger charge is -2.18. The van der Waals surface area contributed by atoms with E-state index in [1.54, 1.807) is 0 Å². The molecule has 0 heterocycles. The van der Waals surface area contributed by atoms with Crippen molar-refractivity contribution in [1.82, 2.24) is 0 Å². The second-order valence-electron chi connectivity index (χ2n) is 17.8. The van der Waals surface area contributed by atoms with Crippen LogP contribution in [0.3, 0.4) is 0 Å². The van der Waals surface area contributed by atoms with Crippen molar-refractivity contribution in [3.05, 3.63) is 72.9 Å². The van der Waals surface area contributed by atoms with Crippen LogP contribution in [0, 0.1) is 0 Å². The number of rotatable bonds is 48. The Morgan fingerprint density at radius 3 is 1.14 bits per heavy atom. The number of ether oxygens (including phenoxy) is 3. The second kappa shape index (κ2) is 52.5. The molecule has 0 radical (unpaired) electrons. The van der Waals surface area contributed by atoms with Crippen LogP contribution in [0.25, 0.3) is 0 Å². The van der Waals surface area contributed by atoms with Crippen LogP contribution in [0.1, 0.15) is 258 Å². The second-order valence-corrected chi connectivity index (χ2v) is 17.8. The number of allylic oxidation sites excluding steroid dienone is 12. The topological polar surface area (TPSA) is 78.9 Å². The lowest BCUT2D eigenvalue weighted by Crippen LogP contribution is -2.30. The van der Waals surface area contributed by atoms with Crippen LogP contribution in [0.2, 0.25) is 0 Å². The van der Waals surface area contributed by atoms with Gasteiger partial charge in [0, 0.05) is 19.3 Å². The Labute approximate surface area is 395 Å². The maximum Gasteiger partial charge on any atom is 0.306 e. The molecular weight excluding hydrogens is 793 g/mol. The molecule has 0 bridgehead atoms. The smallest absolute Gasteiger partial charge is 0.306 e. The molecule has 0 aliphatic heterocycles. The third-order valence-electron chi connectivity index (χ3n) is 11.4. The van der Waals surface area contributed by atoms with E-state index in [0.717, 1.165) is 77.0 Å². The van der Waals surface area contributed by atoms with Gasteiger partial charge in [0.2, 0.25) is 0 Å². The first-order valence-corrected chi connectivity index (χ1v) is 27.0. The minimum absolute atomic E-state index is 0.104. The molecule has 6 heteroatoms. The Morgan fingerprint density at radius 2 is 0.672 bits per heavy atom. The standard InChI is InChI=1S/C58H100O6/c1-4-7-10-13-16-19-22-24-26-28-29-30-32-33-36-39-42-45-48-51-57(60)63-54-55(53-62-56(59)50-47-44-41-38-35-21-18-15-12-9-6-3)64-58(61)52-49-46-43-40-37-34-31-27-25-23-20-17-14-11-8-5-2/h9,12,18,21,27-29,31,34,37-38,41,55H,4-8,10-11,13-17,19-20,22-26,30,32-33,35-36,39-40,42-54H2,1-3H3/b12-9-,21-18-,29-28-,31-27-,37-34-,41-38-. The fraction of sp³-hybridized carbons (Fsp3) is 0.741. The molecule has 0 aromatic heterocycles. The van der Waals surface area contributed by atoms with Crippen LogP contribution in [0.15, 0.2) is 72.9 Å². The van der Waals surface area contributed by atoms with Gasteiger partial charge in [0.25, 0.3) is 0 Å². The van der Waals surface area contributed by atoms with Gasteiger partial charge < -0.3 is 14.2 Å². The molecule has 0 spiro atoms. The molecule has 0 aromatic carbocycles. The first-order valence-electron chi connectivity index (χ1n) is 27.0. The average molecular weight is 893 g/mol. The number of esters is 3. The van der Waals surface area contributed by atoms with Crippen LogP contribution in [-0.2, 0) is 28.6 Å². The molecule has 1 atom stereocenters. The summed E-state index contributed by atoms with van der Waals surface area (Å²) in [4.78, 5) is 38.0. The van der Waals surface area contributed by atoms with Crippen LogP contribution in [-0.4, -0.2) is 37.2 Å². The van der Waals surface area contributed by atoms with Gasteiger partial charge in [-0.2, -0.15) is 0 Å². The molecule has 0 aliphatic rings. The molecule has 0 fully saturated rings. The van der Waals surface area contributed by atoms with E-state index < -0.39 is 6.10 Å². The third kappa shape index (κ3) is 49.9. The quantitative estimate of drug-likeness (QED) is 0.0199. The number of hydrogen-bond donors (Lipinski definition) is 0. The van der Waals surface area contributed by atoms with E-state index in [-0.39, 0.29) is 44.0 Å². The van der Waals surface area contributed by atoms with Crippen molar-refractivity contribution in [2.45, 2.75) is 264 Å². The Bertz CT molecular complexity index is 1210. The van der Waals surface area contributed by atoms with Crippen molar-refractivity contribution >= 4 is 17.9 Å². The maximum atomic E-state index is 12.8. The summed E-state index contributed by atoms with van der Waals surface area (Å²) in [5.74, 6) is -0.989. The lowest BCUT2D eigenvalue weighted by atomic mass is 10.1. The summed E-state index contributed by atoms with van der Waals surface area (Å²) >= 11 is 0. The molecule has 0 saturated carbocycles. The van der Waals surface area contributed by atoms with Crippen molar-refractivity contribution in [1.29, 1.82) is 0 Å². The van der Waals surface area contributed by atoms with Crippen LogP contribution < -0.4 is 0 Å². The summed E-state index contributed by atoms with van der Waals surface area (Å²) in [7, 11) is 0. The van der Waals surface area contributed by atoms with E-state index >= 15 is 0 Å². The zero-order valence-electron chi connectivity index (χ0n) is 42.0. The molecule has 0 aliphatic carbocycles. The summed E-state index contributed by atoms with van der Waals surface area (Å²) in [5, 5.41) is 0. The average Bonchev–Trinajstić information content (AvgIpc) is 3.29. The molecule has 0 aromatic rings. The minimum atomic E-state index is -0.810. The van der Waals surface area contributed by atoms with Gasteiger partial charge in [-0.05, 0) is 96.3 Å². The first kappa shape index (κ1) is 60.9. The van der Waals surface area contributed by atoms with Gasteiger partial charge in [-0.15, -0.1) is 0 Å². The highest BCUT2D eigenvalue weighted by Gasteiger charge is 2.19. The Hall–Kier alpha value is -3.15. The lowest BCUT2D eigenvalue weighted by molar-refractivity contribution is -0.167. The fourth-order valence-electron chi connectivity index (χ4n) is 7.39. The van der Waals surface area contributed by atoms with Gasteiger partial charge in [-0.1, -0.05) is 216 Å². The number of unbranched alkanes of at least 4 members (excludes halogenated alkanes) is 26. The molecule has 1 unspecified atom stereocenters. The minimum Gasteiger partial charge on any atom is -0.462 e. The van der Waals surface area contributed by atoms with Crippen molar-refractivity contribution < 1.29 is 28.6 Å². The number of carbonyl (C=O) groups is 3. The Morgan fingerprint density at radius 1 is 0.344 bits per heavy atom. The van der Waals surface area contributed by atoms with E-state index in [9.17, 15) is 14.4 Å². The zero-order valence-corrected chi connectivity index (χ0v) is 42.0. The molecule has 0 rings (SSSR count). The van der Waals surface area contributed by atoms with Crippen molar-refractivity contribution in [2.75, 3.05) is 13.2 Å². The highest BCUT2D eigenvalue weighted by molar-refractivity contribution is 5.71. The zero-order chi connectivity index (χ0) is 46.5. The summed E-state index contributed by atoms with van der Waals surface area (Å²) < 4.78 is 16.7. The van der Waals surface area contributed by atoms with Gasteiger partial charge in [-0.25, -0.2) is 0 Å². The largest absolute Gasteiger partial charge is 0.462 e. The summed E-state index contributed by atoms with van der Waals surface area (Å²) in [6.45, 7) is 6.45. The summed E-state index contributed by atoms with van der Waals surface area (Å²) in [6, 6.07) is 0. The van der Waals surface area contributed by atoms with Crippen molar-refractivity contribution in [3.8, 4) is 0 Å². The van der Waals surface area contributed by atoms with Gasteiger partial charge in [-0.3, -0.25) is 14.4 Å². The predicted molar refractivity (Wildman–Crippen MR) is 274 cm³/mol. The third-order valence-corrected chi connectivity index (χ3v) is 11.4. The molecule has 0 N–H and O–H groups in total. The van der Waals surface area contributed by atoms with Crippen LogP contribution in [0.4, 0.5) is 0 Å². The van der Waals surface area contributed by atoms with E-state index in [1.165, 1.54) is 135 Å². The van der Waals surface area contributed by atoms with E-state index in [0.29, 0.717) is 12.8 Å². The fourth-order valence-corrected chi connectivity index (χ4v) is 7.39. The van der Waals surface area contributed by atoms with E-state index in [4.69, 9.17) is 14.2 Å². The maximum absolute atomic E-state index is 12.8. The van der Waals surface area contributed by atoms with Gasteiger partial charge in [0.1, 0.15) is 13.2 Å². The summed E-state index contributed by atoms with van der Waals surface area (Å²) in [6.07, 6.45) is 66.2. The number of hydrogen-bond acceptors (Lipinski definition) is 6. The SMILES string of the molecule is CC/C=C\C/C=C\C/C=C\CCCC(=O)OCC(COC(=O)CCCCCCCCC/C=C\CCCCCCCCCC)OC(=O)CCCCC/C=C\C=C/CCCCCCCCC. The van der Waals surface area contributed by atoms with E-state index in [1.807, 2.05) is 0 Å². The molecule has 368 valence electrons. The molecule has 0 amide bonds. The highest BCUT2D eigenvalue weighted by atomic mass is 16.6. The van der Waals surface area contributed by atoms with Gasteiger partial charge >= 0.3 is 17.9 Å². The van der Waals surface area contributed by atoms with E-state index in [2.05, 4.69) is 93.7 Å². The Balaban J connectivity index is 4.42. The molecule has 0 saturated heterocycles.